The second-order valence-corrected chi connectivity index (χ2v) is 3.63. The van der Waals surface area contributed by atoms with Crippen LogP contribution in [0.15, 0.2) is 24.3 Å². The summed E-state index contributed by atoms with van der Waals surface area (Å²) in [6, 6.07) is 0. The Bertz CT molecular complexity index is 388. The molecule has 0 aromatic heterocycles. The zero-order valence-corrected chi connectivity index (χ0v) is 10.7. The Morgan fingerprint density at radius 2 is 1.05 bits per heavy atom. The topological polar surface area (TPSA) is 133 Å². The van der Waals surface area contributed by atoms with E-state index in [9.17, 15) is 19.2 Å². The largest absolute Gasteiger partial charge is 0.478 e. The van der Waals surface area contributed by atoms with E-state index < -0.39 is 23.8 Å². The third-order valence-corrected chi connectivity index (χ3v) is 1.96. The lowest BCUT2D eigenvalue weighted by Crippen LogP contribution is -2.25. The fourth-order valence-corrected chi connectivity index (χ4v) is 1.08. The third kappa shape index (κ3) is 11.8. The molecule has 110 valence electrons. The molecule has 0 unspecified atom stereocenters. The second-order valence-electron chi connectivity index (χ2n) is 3.63. The second kappa shape index (κ2) is 10.3. The highest BCUT2D eigenvalue weighted by Crippen LogP contribution is 1.86. The fraction of sp³-hybridized carbons (Fsp3) is 0.333. The first-order chi connectivity index (χ1) is 9.41. The van der Waals surface area contributed by atoms with E-state index in [1.54, 1.807) is 0 Å². The van der Waals surface area contributed by atoms with Gasteiger partial charge in [-0.05, 0) is 12.8 Å². The quantitative estimate of drug-likeness (QED) is 0.326. The lowest BCUT2D eigenvalue weighted by molar-refractivity contribution is -0.132. The molecule has 0 radical (unpaired) electrons. The molecule has 0 fully saturated rings. The smallest absolute Gasteiger partial charge is 0.328 e. The minimum atomic E-state index is -1.20. The summed E-state index contributed by atoms with van der Waals surface area (Å²) in [5.41, 5.74) is 0. The Kier molecular flexibility index (Phi) is 8.94. The van der Waals surface area contributed by atoms with Gasteiger partial charge in [0.1, 0.15) is 0 Å². The summed E-state index contributed by atoms with van der Waals surface area (Å²) in [6.45, 7) is 0.702. The van der Waals surface area contributed by atoms with Crippen LogP contribution < -0.4 is 10.6 Å². The molecule has 0 atom stereocenters. The van der Waals surface area contributed by atoms with Gasteiger partial charge in [0.2, 0.25) is 11.8 Å². The molecular weight excluding hydrogens is 268 g/mol. The summed E-state index contributed by atoms with van der Waals surface area (Å²) in [7, 11) is 0. The molecule has 0 bridgehead atoms. The average Bonchev–Trinajstić information content (AvgIpc) is 2.37. The van der Waals surface area contributed by atoms with E-state index in [4.69, 9.17) is 10.2 Å². The van der Waals surface area contributed by atoms with Crippen LogP contribution in [0.2, 0.25) is 0 Å². The van der Waals surface area contributed by atoms with Gasteiger partial charge in [-0.3, -0.25) is 9.59 Å². The highest BCUT2D eigenvalue weighted by Gasteiger charge is 1.98. The fourth-order valence-electron chi connectivity index (χ4n) is 1.08. The van der Waals surface area contributed by atoms with Crippen molar-refractivity contribution in [2.45, 2.75) is 12.8 Å². The predicted octanol–water partition coefficient (Wildman–Crippen LogP) is -0.719. The summed E-state index contributed by atoms with van der Waals surface area (Å²) in [6.07, 6.45) is 4.50. The van der Waals surface area contributed by atoms with Crippen molar-refractivity contribution >= 4 is 23.8 Å². The van der Waals surface area contributed by atoms with Crippen molar-refractivity contribution in [2.75, 3.05) is 13.1 Å². The zero-order chi connectivity index (χ0) is 15.4. The van der Waals surface area contributed by atoms with Gasteiger partial charge in [0.05, 0.1) is 0 Å². The first-order valence-corrected chi connectivity index (χ1v) is 5.79. The first kappa shape index (κ1) is 17.4. The third-order valence-electron chi connectivity index (χ3n) is 1.96. The Morgan fingerprint density at radius 1 is 0.700 bits per heavy atom. The monoisotopic (exact) mass is 284 g/mol. The van der Waals surface area contributed by atoms with E-state index in [0.717, 1.165) is 24.3 Å². The van der Waals surface area contributed by atoms with Crippen molar-refractivity contribution in [3.8, 4) is 0 Å². The Morgan fingerprint density at radius 3 is 1.35 bits per heavy atom. The van der Waals surface area contributed by atoms with Gasteiger partial charge in [0.25, 0.3) is 0 Å². The highest BCUT2D eigenvalue weighted by molar-refractivity contribution is 5.94. The van der Waals surface area contributed by atoms with Gasteiger partial charge >= 0.3 is 11.9 Å². The molecule has 0 rings (SSSR count). The maximum absolute atomic E-state index is 11.0. The number of aliphatic carboxylic acids is 2. The van der Waals surface area contributed by atoms with Crippen LogP contribution in [0.4, 0.5) is 0 Å². The van der Waals surface area contributed by atoms with Gasteiger partial charge in [-0.25, -0.2) is 9.59 Å². The molecule has 0 aliphatic carbocycles. The summed E-state index contributed by atoms with van der Waals surface area (Å²) >= 11 is 0. The zero-order valence-electron chi connectivity index (χ0n) is 10.7. The van der Waals surface area contributed by atoms with Crippen LogP contribution in [-0.2, 0) is 19.2 Å². The normalized spacial score (nSPS) is 10.6. The number of carbonyl (C=O) groups excluding carboxylic acids is 2. The van der Waals surface area contributed by atoms with E-state index >= 15 is 0 Å². The maximum Gasteiger partial charge on any atom is 0.328 e. The van der Waals surface area contributed by atoms with Crippen LogP contribution in [0.25, 0.3) is 0 Å². The van der Waals surface area contributed by atoms with Gasteiger partial charge in [-0.15, -0.1) is 0 Å². The Hall–Kier alpha value is -2.64. The molecule has 0 saturated heterocycles. The van der Waals surface area contributed by atoms with Crippen molar-refractivity contribution in [3.05, 3.63) is 24.3 Å². The number of hydrogen-bond acceptors (Lipinski definition) is 4. The van der Waals surface area contributed by atoms with Gasteiger partial charge in [0, 0.05) is 37.4 Å². The molecule has 0 aromatic carbocycles. The summed E-state index contributed by atoms with van der Waals surface area (Å²) in [5, 5.41) is 21.5. The minimum Gasteiger partial charge on any atom is -0.478 e. The molecule has 20 heavy (non-hydrogen) atoms. The van der Waals surface area contributed by atoms with E-state index in [-0.39, 0.29) is 0 Å². The average molecular weight is 284 g/mol. The van der Waals surface area contributed by atoms with Gasteiger partial charge in [-0.1, -0.05) is 0 Å². The van der Waals surface area contributed by atoms with Crippen molar-refractivity contribution in [3.63, 3.8) is 0 Å². The first-order valence-electron chi connectivity index (χ1n) is 5.79. The number of carboxylic acid groups (broad SMARTS) is 2. The number of hydrogen-bond donors (Lipinski definition) is 4. The molecule has 2 amide bonds. The molecule has 0 aromatic rings. The number of nitrogens with one attached hydrogen (secondary N) is 2. The number of carboxylic acids is 2. The van der Waals surface area contributed by atoms with Crippen molar-refractivity contribution in [2.24, 2.45) is 0 Å². The predicted molar refractivity (Wildman–Crippen MR) is 68.8 cm³/mol. The molecular formula is C12H16N2O6. The van der Waals surface area contributed by atoms with Crippen LogP contribution in [-0.4, -0.2) is 47.1 Å². The van der Waals surface area contributed by atoms with Gasteiger partial charge in [0.15, 0.2) is 0 Å². The summed E-state index contributed by atoms with van der Waals surface area (Å²) < 4.78 is 0. The number of carbonyl (C=O) groups is 4. The van der Waals surface area contributed by atoms with E-state index in [0.29, 0.717) is 25.9 Å². The molecule has 0 spiro atoms. The van der Waals surface area contributed by atoms with Crippen LogP contribution in [0.5, 0.6) is 0 Å². The molecule has 4 N–H and O–H groups in total. The molecule has 0 aliphatic rings. The molecule has 8 heteroatoms. The van der Waals surface area contributed by atoms with Crippen molar-refractivity contribution in [1.29, 1.82) is 0 Å². The van der Waals surface area contributed by atoms with Crippen LogP contribution in [0.3, 0.4) is 0 Å². The van der Waals surface area contributed by atoms with Crippen LogP contribution in [0, 0.1) is 0 Å². The Labute approximate surface area is 115 Å². The maximum atomic E-state index is 11.0. The number of rotatable bonds is 9. The standard InChI is InChI=1S/C12H16N2O6/c15-9(3-5-11(17)18)13-7-1-2-8-14-10(16)4-6-12(19)20/h3-6H,1-2,7-8H2,(H,13,15)(H,14,16)(H,17,18)(H,19,20)/b5-3+,6-4+. The van der Waals surface area contributed by atoms with E-state index in [1.165, 1.54) is 0 Å². The highest BCUT2D eigenvalue weighted by atomic mass is 16.4. The van der Waals surface area contributed by atoms with Crippen molar-refractivity contribution in [1.82, 2.24) is 10.6 Å². The number of amides is 2. The summed E-state index contributed by atoms with van der Waals surface area (Å²) in [4.78, 5) is 42.3. The molecule has 0 heterocycles. The molecule has 8 nitrogen and oxygen atoms in total. The van der Waals surface area contributed by atoms with Crippen LogP contribution in [0.1, 0.15) is 12.8 Å². The van der Waals surface area contributed by atoms with Gasteiger partial charge < -0.3 is 20.8 Å². The van der Waals surface area contributed by atoms with Crippen LogP contribution >= 0.6 is 0 Å². The number of unbranched alkanes of at least 4 members (excludes halogenated alkanes) is 1. The SMILES string of the molecule is O=C(O)/C=C/C(=O)NCCCCNC(=O)/C=C/C(=O)O. The lowest BCUT2D eigenvalue weighted by atomic mass is 10.3. The van der Waals surface area contributed by atoms with Crippen molar-refractivity contribution < 1.29 is 29.4 Å². The van der Waals surface area contributed by atoms with E-state index in [2.05, 4.69) is 10.6 Å². The van der Waals surface area contributed by atoms with E-state index in [1.807, 2.05) is 0 Å². The summed E-state index contributed by atoms with van der Waals surface area (Å²) in [5.74, 6) is -3.39. The minimum absolute atomic E-state index is 0.351. The van der Waals surface area contributed by atoms with Gasteiger partial charge in [-0.2, -0.15) is 0 Å². The lowest BCUT2D eigenvalue weighted by Gasteiger charge is -2.03. The Balaban J connectivity index is 3.58. The molecule has 0 saturated carbocycles. The molecule has 0 aliphatic heterocycles.